The Balaban J connectivity index is 1.64. The van der Waals surface area contributed by atoms with E-state index in [0.29, 0.717) is 30.9 Å². The second-order valence-corrected chi connectivity index (χ2v) is 6.72. The van der Waals surface area contributed by atoms with Crippen LogP contribution in [-0.4, -0.2) is 26.0 Å². The minimum absolute atomic E-state index is 0.247. The zero-order chi connectivity index (χ0) is 19.4. The van der Waals surface area contributed by atoms with Crippen LogP contribution in [0, 0.1) is 12.3 Å². The Bertz CT molecular complexity index is 859. The van der Waals surface area contributed by atoms with Gasteiger partial charge in [0.1, 0.15) is 5.41 Å². The van der Waals surface area contributed by atoms with Crippen molar-refractivity contribution in [1.29, 1.82) is 0 Å². The number of nitrogens with one attached hydrogen (secondary N) is 2. The van der Waals surface area contributed by atoms with Crippen molar-refractivity contribution in [2.45, 2.75) is 26.3 Å². The molecule has 0 radical (unpaired) electrons. The van der Waals surface area contributed by atoms with E-state index in [2.05, 4.69) is 10.6 Å². The van der Waals surface area contributed by atoms with E-state index in [4.69, 9.17) is 9.47 Å². The summed E-state index contributed by atoms with van der Waals surface area (Å²) in [4.78, 5) is 25.3. The number of methoxy groups -OCH3 is 2. The third kappa shape index (κ3) is 3.89. The molecule has 2 aromatic carbocycles. The number of amides is 2. The molecule has 0 aliphatic heterocycles. The number of anilines is 1. The first-order valence-corrected chi connectivity index (χ1v) is 8.86. The Labute approximate surface area is 158 Å². The Morgan fingerprint density at radius 1 is 1.00 bits per heavy atom. The van der Waals surface area contributed by atoms with E-state index in [9.17, 15) is 9.59 Å². The largest absolute Gasteiger partial charge is 0.493 e. The molecule has 1 fully saturated rings. The number of rotatable bonds is 7. The van der Waals surface area contributed by atoms with Gasteiger partial charge in [0.25, 0.3) is 0 Å². The number of ether oxygens (including phenoxy) is 2. The molecule has 0 saturated heterocycles. The Morgan fingerprint density at radius 2 is 1.70 bits per heavy atom. The second kappa shape index (κ2) is 7.70. The molecule has 0 heterocycles. The summed E-state index contributed by atoms with van der Waals surface area (Å²) in [6.45, 7) is 2.24. The molecular formula is C21H24N2O4. The van der Waals surface area contributed by atoms with Crippen molar-refractivity contribution in [3.63, 3.8) is 0 Å². The van der Waals surface area contributed by atoms with Crippen LogP contribution >= 0.6 is 0 Å². The molecule has 2 amide bonds. The number of carbonyl (C=O) groups excluding carboxylic acids is 2. The summed E-state index contributed by atoms with van der Waals surface area (Å²) >= 11 is 0. The van der Waals surface area contributed by atoms with Crippen LogP contribution in [0.3, 0.4) is 0 Å². The lowest BCUT2D eigenvalue weighted by atomic mass is 10.0. The number of para-hydroxylation sites is 1. The van der Waals surface area contributed by atoms with Crippen LogP contribution < -0.4 is 20.1 Å². The maximum absolute atomic E-state index is 12.7. The fourth-order valence-electron chi connectivity index (χ4n) is 2.98. The standard InChI is InChI=1S/C21H24N2O4/c1-14-6-4-5-7-16(14)23-20(25)21(10-11-21)19(24)22-13-15-8-9-17(26-2)18(12-15)27-3/h4-9,12H,10-11,13H2,1-3H3,(H,22,24)(H,23,25). The van der Waals surface area contributed by atoms with Gasteiger partial charge in [0, 0.05) is 12.2 Å². The SMILES string of the molecule is COc1ccc(CNC(=O)C2(C(=O)Nc3ccccc3C)CC2)cc1OC. The van der Waals surface area contributed by atoms with E-state index in [0.717, 1.165) is 16.8 Å². The van der Waals surface area contributed by atoms with Crippen LogP contribution in [-0.2, 0) is 16.1 Å². The molecule has 0 spiro atoms. The summed E-state index contributed by atoms with van der Waals surface area (Å²) in [6.07, 6.45) is 1.12. The molecule has 142 valence electrons. The van der Waals surface area contributed by atoms with Gasteiger partial charge in [-0.15, -0.1) is 0 Å². The Hall–Kier alpha value is -3.02. The van der Waals surface area contributed by atoms with Crippen molar-refractivity contribution in [3.05, 3.63) is 53.6 Å². The average molecular weight is 368 g/mol. The lowest BCUT2D eigenvalue weighted by molar-refractivity contribution is -0.134. The lowest BCUT2D eigenvalue weighted by Gasteiger charge is -2.17. The fourth-order valence-corrected chi connectivity index (χ4v) is 2.98. The normalized spacial score (nSPS) is 14.2. The van der Waals surface area contributed by atoms with Crippen LogP contribution in [0.1, 0.15) is 24.0 Å². The van der Waals surface area contributed by atoms with Gasteiger partial charge >= 0.3 is 0 Å². The second-order valence-electron chi connectivity index (χ2n) is 6.72. The average Bonchev–Trinajstić information content (AvgIpc) is 3.49. The minimum Gasteiger partial charge on any atom is -0.493 e. The molecule has 0 bridgehead atoms. The van der Waals surface area contributed by atoms with Crippen molar-refractivity contribution >= 4 is 17.5 Å². The highest BCUT2D eigenvalue weighted by Crippen LogP contribution is 2.47. The summed E-state index contributed by atoms with van der Waals surface area (Å²) in [7, 11) is 3.14. The number of benzene rings is 2. The monoisotopic (exact) mass is 368 g/mol. The summed E-state index contributed by atoms with van der Waals surface area (Å²) in [6, 6.07) is 13.0. The van der Waals surface area contributed by atoms with Gasteiger partial charge < -0.3 is 20.1 Å². The van der Waals surface area contributed by atoms with Crippen molar-refractivity contribution < 1.29 is 19.1 Å². The van der Waals surface area contributed by atoms with Gasteiger partial charge in [-0.05, 0) is 49.1 Å². The summed E-state index contributed by atoms with van der Waals surface area (Å²) in [5.74, 6) is 0.733. The van der Waals surface area contributed by atoms with Crippen molar-refractivity contribution in [3.8, 4) is 11.5 Å². The number of hydrogen-bond acceptors (Lipinski definition) is 4. The Morgan fingerprint density at radius 3 is 2.33 bits per heavy atom. The van der Waals surface area contributed by atoms with Crippen molar-refractivity contribution in [2.24, 2.45) is 5.41 Å². The molecule has 0 aromatic heterocycles. The van der Waals surface area contributed by atoms with Crippen LogP contribution in [0.4, 0.5) is 5.69 Å². The van der Waals surface area contributed by atoms with Gasteiger partial charge in [-0.2, -0.15) is 0 Å². The van der Waals surface area contributed by atoms with E-state index in [1.54, 1.807) is 20.3 Å². The van der Waals surface area contributed by atoms with Gasteiger partial charge in [-0.25, -0.2) is 0 Å². The van der Waals surface area contributed by atoms with Gasteiger partial charge in [0.05, 0.1) is 14.2 Å². The van der Waals surface area contributed by atoms with Gasteiger partial charge in [-0.3, -0.25) is 9.59 Å². The minimum atomic E-state index is -0.973. The zero-order valence-electron chi connectivity index (χ0n) is 15.8. The van der Waals surface area contributed by atoms with E-state index in [1.807, 2.05) is 43.3 Å². The maximum Gasteiger partial charge on any atom is 0.240 e. The molecule has 6 nitrogen and oxygen atoms in total. The first-order valence-electron chi connectivity index (χ1n) is 8.86. The predicted octanol–water partition coefficient (Wildman–Crippen LogP) is 3.05. The first-order chi connectivity index (χ1) is 13.0. The highest BCUT2D eigenvalue weighted by molar-refractivity contribution is 6.13. The number of hydrogen-bond donors (Lipinski definition) is 2. The molecule has 1 aliphatic carbocycles. The van der Waals surface area contributed by atoms with Crippen LogP contribution in [0.25, 0.3) is 0 Å². The summed E-state index contributed by atoms with van der Waals surface area (Å²) in [5.41, 5.74) is 1.60. The predicted molar refractivity (Wildman–Crippen MR) is 103 cm³/mol. The van der Waals surface area contributed by atoms with E-state index in [1.165, 1.54) is 0 Å². The molecule has 6 heteroatoms. The maximum atomic E-state index is 12.7. The topological polar surface area (TPSA) is 76.7 Å². The third-order valence-corrected chi connectivity index (χ3v) is 4.91. The van der Waals surface area contributed by atoms with E-state index < -0.39 is 5.41 Å². The smallest absolute Gasteiger partial charge is 0.240 e. The van der Waals surface area contributed by atoms with Gasteiger partial charge in [0.2, 0.25) is 11.8 Å². The third-order valence-electron chi connectivity index (χ3n) is 4.91. The molecule has 1 saturated carbocycles. The van der Waals surface area contributed by atoms with Crippen LogP contribution in [0.15, 0.2) is 42.5 Å². The highest BCUT2D eigenvalue weighted by atomic mass is 16.5. The van der Waals surface area contributed by atoms with Crippen LogP contribution in [0.2, 0.25) is 0 Å². The Kier molecular flexibility index (Phi) is 5.35. The van der Waals surface area contributed by atoms with Crippen molar-refractivity contribution in [2.75, 3.05) is 19.5 Å². The molecule has 27 heavy (non-hydrogen) atoms. The molecular weight excluding hydrogens is 344 g/mol. The first kappa shape index (κ1) is 18.8. The van der Waals surface area contributed by atoms with Crippen LogP contribution in [0.5, 0.6) is 11.5 Å². The number of carbonyl (C=O) groups is 2. The van der Waals surface area contributed by atoms with Crippen molar-refractivity contribution in [1.82, 2.24) is 5.32 Å². The molecule has 1 aliphatic rings. The zero-order valence-corrected chi connectivity index (χ0v) is 15.8. The molecule has 0 unspecified atom stereocenters. The number of aryl methyl sites for hydroxylation is 1. The molecule has 0 atom stereocenters. The van der Waals surface area contributed by atoms with Gasteiger partial charge in [0.15, 0.2) is 11.5 Å². The quantitative estimate of drug-likeness (QED) is 0.737. The van der Waals surface area contributed by atoms with E-state index >= 15 is 0 Å². The van der Waals surface area contributed by atoms with Gasteiger partial charge in [-0.1, -0.05) is 24.3 Å². The lowest BCUT2D eigenvalue weighted by Crippen LogP contribution is -2.39. The highest BCUT2D eigenvalue weighted by Gasteiger charge is 2.56. The molecule has 3 rings (SSSR count). The molecule has 2 N–H and O–H groups in total. The summed E-state index contributed by atoms with van der Waals surface area (Å²) < 4.78 is 10.5. The van der Waals surface area contributed by atoms with E-state index in [-0.39, 0.29) is 11.8 Å². The summed E-state index contributed by atoms with van der Waals surface area (Å²) in [5, 5.41) is 5.76. The molecule has 2 aromatic rings. The fraction of sp³-hybridized carbons (Fsp3) is 0.333.